The summed E-state index contributed by atoms with van der Waals surface area (Å²) in [7, 11) is -3.58. The van der Waals surface area contributed by atoms with Crippen LogP contribution < -0.4 is 10.0 Å². The quantitative estimate of drug-likeness (QED) is 0.873. The summed E-state index contributed by atoms with van der Waals surface area (Å²) >= 11 is 1.29. The molecule has 0 saturated heterocycles. The molecule has 108 valence electrons. The number of aliphatic imine (C=N–C) groups is 1. The molecule has 2 heterocycles. The third kappa shape index (κ3) is 2.78. The number of hydrogen-bond donors (Lipinski definition) is 2. The lowest BCUT2D eigenvalue weighted by molar-refractivity contribution is -0.114. The van der Waals surface area contributed by atoms with E-state index >= 15 is 0 Å². The lowest BCUT2D eigenvalue weighted by atomic mass is 10.2. The molecule has 0 spiro atoms. The van der Waals surface area contributed by atoms with Crippen molar-refractivity contribution in [3.8, 4) is 0 Å². The Balaban J connectivity index is 1.78. The lowest BCUT2D eigenvalue weighted by Gasteiger charge is -2.00. The highest BCUT2D eigenvalue weighted by Gasteiger charge is 2.30. The lowest BCUT2D eigenvalue weighted by Crippen LogP contribution is -2.24. The number of anilines is 1. The molecule has 1 aliphatic rings. The first kappa shape index (κ1) is 13.7. The van der Waals surface area contributed by atoms with Gasteiger partial charge in [0.2, 0.25) is 5.91 Å². The van der Waals surface area contributed by atoms with E-state index in [9.17, 15) is 13.2 Å². The summed E-state index contributed by atoms with van der Waals surface area (Å²) in [6.07, 6.45) is 1.58. The highest BCUT2D eigenvalue weighted by molar-refractivity contribution is 7.90. The van der Waals surface area contributed by atoms with Crippen LogP contribution in [0.4, 0.5) is 5.13 Å². The van der Waals surface area contributed by atoms with E-state index in [1.807, 2.05) is 0 Å². The van der Waals surface area contributed by atoms with Crippen molar-refractivity contribution in [2.75, 3.05) is 11.9 Å². The molecule has 9 heteroatoms. The molecule has 1 aliphatic heterocycles. The summed E-state index contributed by atoms with van der Waals surface area (Å²) in [4.78, 5) is 19.8. The molecule has 0 unspecified atom stereocenters. The van der Waals surface area contributed by atoms with Gasteiger partial charge in [-0.1, -0.05) is 12.1 Å². The van der Waals surface area contributed by atoms with E-state index < -0.39 is 10.0 Å². The van der Waals surface area contributed by atoms with Crippen LogP contribution in [0.5, 0.6) is 0 Å². The fourth-order valence-corrected chi connectivity index (χ4v) is 3.64. The minimum Gasteiger partial charge on any atom is -0.300 e. The zero-order valence-corrected chi connectivity index (χ0v) is 12.2. The number of benzene rings is 1. The molecule has 2 aromatic rings. The van der Waals surface area contributed by atoms with Gasteiger partial charge in [0.25, 0.3) is 10.0 Å². The van der Waals surface area contributed by atoms with Gasteiger partial charge in [-0.25, -0.2) is 13.4 Å². The maximum absolute atomic E-state index is 11.9. The number of amides is 1. The number of carbonyl (C=O) groups is 1. The van der Waals surface area contributed by atoms with Gasteiger partial charge < -0.3 is 5.32 Å². The smallest absolute Gasteiger partial charge is 0.263 e. The fraction of sp³-hybridized carbons (Fsp3) is 0.0833. The number of rotatable bonds is 3. The second-order valence-electron chi connectivity index (χ2n) is 4.15. The largest absolute Gasteiger partial charge is 0.300 e. The standard InChI is InChI=1S/C12H10N4O3S2/c17-10(15-12-13-5-6-20-12)7-14-11-8-3-1-2-4-9(8)21(18,19)16-11/h1-6H,7H2,(H,14,16)(H,13,15,17). The zero-order valence-electron chi connectivity index (χ0n) is 10.6. The summed E-state index contributed by atoms with van der Waals surface area (Å²) in [5.41, 5.74) is 0.472. The van der Waals surface area contributed by atoms with Crippen molar-refractivity contribution in [3.05, 3.63) is 41.4 Å². The van der Waals surface area contributed by atoms with Gasteiger partial charge in [0.15, 0.2) is 5.13 Å². The minimum absolute atomic E-state index is 0.170. The number of carbonyl (C=O) groups excluding carboxylic acids is 1. The van der Waals surface area contributed by atoms with Crippen molar-refractivity contribution in [1.82, 2.24) is 9.71 Å². The Bertz CT molecular complexity index is 813. The summed E-state index contributed by atoms with van der Waals surface area (Å²) in [6.45, 7) is -0.189. The molecule has 0 radical (unpaired) electrons. The van der Waals surface area contributed by atoms with E-state index in [1.165, 1.54) is 17.4 Å². The van der Waals surface area contributed by atoms with Crippen molar-refractivity contribution in [2.45, 2.75) is 4.90 Å². The number of thiazole rings is 1. The number of nitrogens with one attached hydrogen (secondary N) is 2. The van der Waals surface area contributed by atoms with Crippen LogP contribution in [0.1, 0.15) is 5.56 Å². The average Bonchev–Trinajstić information content (AvgIpc) is 3.04. The Morgan fingerprint density at radius 1 is 1.38 bits per heavy atom. The summed E-state index contributed by atoms with van der Waals surface area (Å²) in [5, 5.41) is 4.79. The highest BCUT2D eigenvalue weighted by atomic mass is 32.2. The second-order valence-corrected chi connectivity index (χ2v) is 6.70. The van der Waals surface area contributed by atoms with E-state index in [0.717, 1.165) is 0 Å². The Morgan fingerprint density at radius 2 is 2.19 bits per heavy atom. The van der Waals surface area contributed by atoms with Gasteiger partial charge in [-0.2, -0.15) is 0 Å². The van der Waals surface area contributed by atoms with Crippen LogP contribution in [0.25, 0.3) is 0 Å². The molecule has 21 heavy (non-hydrogen) atoms. The van der Waals surface area contributed by atoms with Gasteiger partial charge in [-0.3, -0.25) is 14.5 Å². The maximum atomic E-state index is 11.9. The van der Waals surface area contributed by atoms with Crippen LogP contribution in [0, 0.1) is 0 Å². The predicted molar refractivity (Wildman–Crippen MR) is 78.9 cm³/mol. The Morgan fingerprint density at radius 3 is 2.95 bits per heavy atom. The molecule has 0 saturated carbocycles. The van der Waals surface area contributed by atoms with Crippen LogP contribution in [-0.4, -0.2) is 31.7 Å². The van der Waals surface area contributed by atoms with E-state index in [2.05, 4.69) is 20.0 Å². The van der Waals surface area contributed by atoms with E-state index in [-0.39, 0.29) is 23.2 Å². The Hall–Kier alpha value is -2.26. The van der Waals surface area contributed by atoms with Gasteiger partial charge in [-0.15, -0.1) is 11.3 Å². The molecule has 0 bridgehead atoms. The van der Waals surface area contributed by atoms with E-state index in [1.54, 1.807) is 29.8 Å². The van der Waals surface area contributed by atoms with Gasteiger partial charge in [0.1, 0.15) is 12.4 Å². The van der Waals surface area contributed by atoms with Crippen LogP contribution in [-0.2, 0) is 14.8 Å². The van der Waals surface area contributed by atoms with Crippen LogP contribution in [0.15, 0.2) is 45.7 Å². The van der Waals surface area contributed by atoms with Gasteiger partial charge in [0, 0.05) is 17.1 Å². The highest BCUT2D eigenvalue weighted by Crippen LogP contribution is 2.22. The topological polar surface area (TPSA) is 101 Å². The van der Waals surface area contributed by atoms with Gasteiger partial charge in [0.05, 0.1) is 4.90 Å². The molecular weight excluding hydrogens is 312 g/mol. The molecule has 3 rings (SSSR count). The summed E-state index contributed by atoms with van der Waals surface area (Å²) in [5.74, 6) is -0.180. The predicted octanol–water partition coefficient (Wildman–Crippen LogP) is 0.820. The van der Waals surface area contributed by atoms with Gasteiger partial charge >= 0.3 is 0 Å². The number of fused-ring (bicyclic) bond motifs is 1. The molecule has 0 atom stereocenters. The van der Waals surface area contributed by atoms with Crippen LogP contribution >= 0.6 is 11.3 Å². The molecule has 2 N–H and O–H groups in total. The van der Waals surface area contributed by atoms with Crippen molar-refractivity contribution < 1.29 is 13.2 Å². The molecule has 0 fully saturated rings. The van der Waals surface area contributed by atoms with E-state index in [0.29, 0.717) is 10.7 Å². The van der Waals surface area contributed by atoms with E-state index in [4.69, 9.17) is 0 Å². The monoisotopic (exact) mass is 322 g/mol. The first-order valence-electron chi connectivity index (χ1n) is 5.92. The normalized spacial score (nSPS) is 17.2. The van der Waals surface area contributed by atoms with Gasteiger partial charge in [-0.05, 0) is 12.1 Å². The van der Waals surface area contributed by atoms with Crippen molar-refractivity contribution in [1.29, 1.82) is 0 Å². The number of nitrogens with zero attached hydrogens (tertiary/aromatic N) is 2. The Labute approximate surface area is 124 Å². The first-order valence-corrected chi connectivity index (χ1v) is 8.28. The summed E-state index contributed by atoms with van der Waals surface area (Å²) < 4.78 is 26.1. The average molecular weight is 322 g/mol. The Kier molecular flexibility index (Phi) is 3.43. The molecule has 1 aromatic carbocycles. The first-order chi connectivity index (χ1) is 10.1. The number of sulfonamides is 1. The minimum atomic E-state index is -3.58. The number of amidine groups is 1. The molecule has 1 aromatic heterocycles. The van der Waals surface area contributed by atoms with Crippen molar-refractivity contribution in [3.63, 3.8) is 0 Å². The SMILES string of the molecule is O=C(CN=C1NS(=O)(=O)c2ccccc21)Nc1nccs1. The van der Waals surface area contributed by atoms with Crippen LogP contribution in [0.3, 0.4) is 0 Å². The second kappa shape index (κ2) is 5.26. The third-order valence-electron chi connectivity index (χ3n) is 2.72. The maximum Gasteiger partial charge on any atom is 0.263 e. The fourth-order valence-electron chi connectivity index (χ4n) is 1.85. The molecule has 0 aliphatic carbocycles. The third-order valence-corrected chi connectivity index (χ3v) is 4.81. The summed E-state index contributed by atoms with van der Waals surface area (Å²) in [6, 6.07) is 6.49. The van der Waals surface area contributed by atoms with Crippen molar-refractivity contribution >= 4 is 38.2 Å². The molecule has 7 nitrogen and oxygen atoms in total. The number of hydrogen-bond acceptors (Lipinski definition) is 6. The zero-order chi connectivity index (χ0) is 14.9. The van der Waals surface area contributed by atoms with Crippen LogP contribution in [0.2, 0.25) is 0 Å². The molecular formula is C12H10N4O3S2. The number of aromatic nitrogens is 1. The molecule has 1 amide bonds. The van der Waals surface area contributed by atoms with Crippen molar-refractivity contribution in [2.24, 2.45) is 4.99 Å².